The highest BCUT2D eigenvalue weighted by molar-refractivity contribution is 7.91. The zero-order chi connectivity index (χ0) is 14.7. The fraction of sp³-hybridized carbons (Fsp3) is 0.818. The van der Waals surface area contributed by atoms with Crippen molar-refractivity contribution in [3.05, 3.63) is 0 Å². The highest BCUT2D eigenvalue weighted by Gasteiger charge is 2.30. The van der Waals surface area contributed by atoms with E-state index in [0.29, 0.717) is 12.8 Å². The molecule has 19 heavy (non-hydrogen) atoms. The van der Waals surface area contributed by atoms with E-state index in [4.69, 9.17) is 5.11 Å². The van der Waals surface area contributed by atoms with Crippen molar-refractivity contribution in [3.63, 3.8) is 0 Å². The molecule has 0 aliphatic carbocycles. The average Bonchev–Trinajstić information content (AvgIpc) is 2.54. The lowest BCUT2D eigenvalue weighted by molar-refractivity contribution is -0.137. The van der Waals surface area contributed by atoms with Crippen LogP contribution in [-0.4, -0.2) is 48.6 Å². The number of urea groups is 1. The summed E-state index contributed by atoms with van der Waals surface area (Å²) >= 11 is 0. The van der Waals surface area contributed by atoms with Crippen molar-refractivity contribution >= 4 is 21.8 Å². The second-order valence-corrected chi connectivity index (χ2v) is 7.70. The molecule has 0 radical (unpaired) electrons. The van der Waals surface area contributed by atoms with Crippen LogP contribution in [0.2, 0.25) is 0 Å². The van der Waals surface area contributed by atoms with Crippen LogP contribution in [0.3, 0.4) is 0 Å². The van der Waals surface area contributed by atoms with Gasteiger partial charge in [-0.3, -0.25) is 4.79 Å². The first-order valence-electron chi connectivity index (χ1n) is 6.10. The molecule has 1 rings (SSSR count). The van der Waals surface area contributed by atoms with Gasteiger partial charge in [-0.1, -0.05) is 0 Å². The Morgan fingerprint density at radius 3 is 2.47 bits per heavy atom. The number of hydrogen-bond donors (Lipinski definition) is 3. The summed E-state index contributed by atoms with van der Waals surface area (Å²) in [5.74, 6) is -0.853. The van der Waals surface area contributed by atoms with Gasteiger partial charge >= 0.3 is 12.0 Å². The van der Waals surface area contributed by atoms with Gasteiger partial charge in [0, 0.05) is 18.0 Å². The molecule has 0 bridgehead atoms. The van der Waals surface area contributed by atoms with E-state index < -0.39 is 27.4 Å². The van der Waals surface area contributed by atoms with E-state index in [0.717, 1.165) is 0 Å². The molecule has 0 spiro atoms. The molecule has 1 fully saturated rings. The minimum absolute atomic E-state index is 0.0318. The SMILES string of the molecule is CC(C)(CCC(=O)O)NC(=O)NC1CCS(=O)(=O)C1. The van der Waals surface area contributed by atoms with Crippen LogP contribution >= 0.6 is 0 Å². The number of hydrogen-bond acceptors (Lipinski definition) is 4. The Kier molecular flexibility index (Phi) is 4.78. The fourth-order valence-electron chi connectivity index (χ4n) is 1.92. The third-order valence-electron chi connectivity index (χ3n) is 2.98. The number of sulfone groups is 1. The number of carbonyl (C=O) groups is 2. The molecule has 0 aromatic carbocycles. The van der Waals surface area contributed by atoms with Crippen LogP contribution in [0.15, 0.2) is 0 Å². The van der Waals surface area contributed by atoms with E-state index >= 15 is 0 Å². The maximum atomic E-state index is 11.7. The summed E-state index contributed by atoms with van der Waals surface area (Å²) in [6, 6.07) is -0.822. The summed E-state index contributed by atoms with van der Waals surface area (Å²) < 4.78 is 22.5. The summed E-state index contributed by atoms with van der Waals surface area (Å²) in [6.07, 6.45) is 0.690. The molecule has 2 amide bonds. The molecule has 0 aromatic rings. The van der Waals surface area contributed by atoms with E-state index in [9.17, 15) is 18.0 Å². The number of amides is 2. The van der Waals surface area contributed by atoms with Crippen LogP contribution in [0.5, 0.6) is 0 Å². The Bertz CT molecular complexity index is 458. The lowest BCUT2D eigenvalue weighted by atomic mass is 9.99. The van der Waals surface area contributed by atoms with Crippen molar-refractivity contribution < 1.29 is 23.1 Å². The molecular formula is C11H20N2O5S. The van der Waals surface area contributed by atoms with Crippen molar-refractivity contribution in [2.75, 3.05) is 11.5 Å². The average molecular weight is 292 g/mol. The summed E-state index contributed by atoms with van der Waals surface area (Å²) in [4.78, 5) is 22.2. The third-order valence-corrected chi connectivity index (χ3v) is 4.75. The molecule has 1 heterocycles. The predicted octanol–water partition coefficient (Wildman–Crippen LogP) is 0.116. The summed E-state index contributed by atoms with van der Waals surface area (Å²) in [5.41, 5.74) is -0.653. The van der Waals surface area contributed by atoms with E-state index in [1.807, 2.05) is 0 Å². The lowest BCUT2D eigenvalue weighted by Crippen LogP contribution is -2.51. The van der Waals surface area contributed by atoms with E-state index in [2.05, 4.69) is 10.6 Å². The topological polar surface area (TPSA) is 113 Å². The van der Waals surface area contributed by atoms with Crippen molar-refractivity contribution in [1.29, 1.82) is 0 Å². The Hall–Kier alpha value is -1.31. The summed E-state index contributed by atoms with van der Waals surface area (Å²) in [6.45, 7) is 3.45. The molecule has 1 atom stereocenters. The molecule has 110 valence electrons. The van der Waals surface area contributed by atoms with Gasteiger partial charge in [-0.05, 0) is 26.7 Å². The quantitative estimate of drug-likeness (QED) is 0.666. The molecule has 0 saturated carbocycles. The van der Waals surface area contributed by atoms with Crippen LogP contribution in [0.4, 0.5) is 4.79 Å². The van der Waals surface area contributed by atoms with Crippen LogP contribution < -0.4 is 10.6 Å². The first kappa shape index (κ1) is 15.7. The molecule has 3 N–H and O–H groups in total. The highest BCUT2D eigenvalue weighted by atomic mass is 32.2. The zero-order valence-electron chi connectivity index (χ0n) is 11.1. The second-order valence-electron chi connectivity index (χ2n) is 5.48. The van der Waals surface area contributed by atoms with Gasteiger partial charge in [0.25, 0.3) is 0 Å². The van der Waals surface area contributed by atoms with Crippen molar-refractivity contribution in [1.82, 2.24) is 10.6 Å². The maximum absolute atomic E-state index is 11.7. The summed E-state index contributed by atoms with van der Waals surface area (Å²) in [5, 5.41) is 13.9. The zero-order valence-corrected chi connectivity index (χ0v) is 11.9. The Balaban J connectivity index is 2.40. The van der Waals surface area contributed by atoms with Crippen LogP contribution in [0.1, 0.15) is 33.1 Å². The van der Waals surface area contributed by atoms with Crippen LogP contribution in [0, 0.1) is 0 Å². The van der Waals surface area contributed by atoms with E-state index in [1.165, 1.54) is 0 Å². The van der Waals surface area contributed by atoms with Crippen LogP contribution in [-0.2, 0) is 14.6 Å². The minimum Gasteiger partial charge on any atom is -0.481 e. The van der Waals surface area contributed by atoms with Gasteiger partial charge in [0.05, 0.1) is 11.5 Å². The lowest BCUT2D eigenvalue weighted by Gasteiger charge is -2.26. The monoisotopic (exact) mass is 292 g/mol. The highest BCUT2D eigenvalue weighted by Crippen LogP contribution is 2.13. The van der Waals surface area contributed by atoms with Gasteiger partial charge in [-0.15, -0.1) is 0 Å². The number of aliphatic carboxylic acids is 1. The number of carboxylic acid groups (broad SMARTS) is 1. The number of rotatable bonds is 5. The summed E-state index contributed by atoms with van der Waals surface area (Å²) in [7, 11) is -3.03. The van der Waals surface area contributed by atoms with Gasteiger partial charge in [0.15, 0.2) is 9.84 Å². The first-order valence-corrected chi connectivity index (χ1v) is 7.93. The van der Waals surface area contributed by atoms with E-state index in [-0.39, 0.29) is 24.0 Å². The first-order chi connectivity index (χ1) is 8.60. The van der Waals surface area contributed by atoms with Crippen molar-refractivity contribution in [2.45, 2.75) is 44.7 Å². The molecule has 1 unspecified atom stereocenters. The molecule has 8 heteroatoms. The number of carbonyl (C=O) groups excluding carboxylic acids is 1. The third kappa shape index (κ3) is 5.91. The molecule has 1 aliphatic rings. The van der Waals surface area contributed by atoms with Gasteiger partial charge in [0.2, 0.25) is 0 Å². The maximum Gasteiger partial charge on any atom is 0.315 e. The van der Waals surface area contributed by atoms with Crippen molar-refractivity contribution in [3.8, 4) is 0 Å². The largest absolute Gasteiger partial charge is 0.481 e. The van der Waals surface area contributed by atoms with E-state index in [1.54, 1.807) is 13.8 Å². The minimum atomic E-state index is -3.03. The smallest absolute Gasteiger partial charge is 0.315 e. The Morgan fingerprint density at radius 2 is 2.00 bits per heavy atom. The Labute approximate surface area is 112 Å². The molecule has 1 saturated heterocycles. The van der Waals surface area contributed by atoms with Gasteiger partial charge < -0.3 is 15.7 Å². The second kappa shape index (κ2) is 5.77. The normalized spacial score (nSPS) is 21.9. The Morgan fingerprint density at radius 1 is 1.37 bits per heavy atom. The standard InChI is InChI=1S/C11H20N2O5S/c1-11(2,5-3-9(14)15)13-10(16)12-8-4-6-19(17,18)7-8/h8H,3-7H2,1-2H3,(H,14,15)(H2,12,13,16). The van der Waals surface area contributed by atoms with Gasteiger partial charge in [0.1, 0.15) is 0 Å². The fourth-order valence-corrected chi connectivity index (χ4v) is 3.59. The number of nitrogens with one attached hydrogen (secondary N) is 2. The molecule has 7 nitrogen and oxygen atoms in total. The van der Waals surface area contributed by atoms with Gasteiger partial charge in [-0.2, -0.15) is 0 Å². The predicted molar refractivity (Wildman–Crippen MR) is 69.7 cm³/mol. The van der Waals surface area contributed by atoms with Crippen molar-refractivity contribution in [2.24, 2.45) is 0 Å². The molecule has 0 aromatic heterocycles. The van der Waals surface area contributed by atoms with Crippen LogP contribution in [0.25, 0.3) is 0 Å². The molecule has 1 aliphatic heterocycles. The molecular weight excluding hydrogens is 272 g/mol. The number of carboxylic acids is 1. The van der Waals surface area contributed by atoms with Gasteiger partial charge in [-0.25, -0.2) is 13.2 Å².